The van der Waals surface area contributed by atoms with Crippen molar-refractivity contribution < 1.29 is 9.59 Å². The Morgan fingerprint density at radius 3 is 2.56 bits per heavy atom. The average molecular weight is 244 g/mol. The molecule has 1 aromatic heterocycles. The fraction of sp³-hybridized carbons (Fsp3) is 0.0833. The van der Waals surface area contributed by atoms with E-state index in [9.17, 15) is 9.59 Å². The number of amides is 3. The minimum Gasteiger partial charge on any atom is -0.366 e. The zero-order valence-corrected chi connectivity index (χ0v) is 9.73. The highest BCUT2D eigenvalue weighted by Crippen LogP contribution is 2.22. The first-order valence-corrected chi connectivity index (χ1v) is 5.25. The second-order valence-electron chi connectivity index (χ2n) is 3.90. The molecule has 3 amide bonds. The van der Waals surface area contributed by atoms with Crippen LogP contribution in [0.3, 0.4) is 0 Å². The number of rotatable bonds is 2. The molecule has 2 aromatic rings. The summed E-state index contributed by atoms with van der Waals surface area (Å²) in [4.78, 5) is 26.5. The van der Waals surface area contributed by atoms with Crippen molar-refractivity contribution >= 4 is 28.5 Å². The number of urea groups is 1. The normalized spacial score (nSPS) is 10.3. The molecule has 0 fully saturated rings. The van der Waals surface area contributed by atoms with E-state index in [0.29, 0.717) is 27.8 Å². The van der Waals surface area contributed by atoms with E-state index >= 15 is 0 Å². The highest BCUT2D eigenvalue weighted by atomic mass is 16.2. The number of carbonyl (C=O) groups is 2. The maximum Gasteiger partial charge on any atom is 0.316 e. The van der Waals surface area contributed by atoms with Gasteiger partial charge in [-0.1, -0.05) is 0 Å². The van der Waals surface area contributed by atoms with Gasteiger partial charge in [0, 0.05) is 16.8 Å². The first kappa shape index (κ1) is 11.8. The van der Waals surface area contributed by atoms with Crippen molar-refractivity contribution in [1.29, 1.82) is 0 Å². The number of aromatic nitrogens is 1. The summed E-state index contributed by atoms with van der Waals surface area (Å²) in [6.07, 6.45) is 0. The van der Waals surface area contributed by atoms with Gasteiger partial charge >= 0.3 is 6.03 Å². The number of nitrogens with zero attached hydrogens (tertiary/aromatic N) is 1. The largest absolute Gasteiger partial charge is 0.366 e. The Labute approximate surface area is 103 Å². The second-order valence-corrected chi connectivity index (χ2v) is 3.90. The number of primary amides is 2. The van der Waals surface area contributed by atoms with Crippen molar-refractivity contribution in [2.75, 3.05) is 5.32 Å². The van der Waals surface area contributed by atoms with Crippen LogP contribution in [-0.4, -0.2) is 16.9 Å². The smallest absolute Gasteiger partial charge is 0.316 e. The van der Waals surface area contributed by atoms with Crippen LogP contribution in [0.1, 0.15) is 16.1 Å². The van der Waals surface area contributed by atoms with Crippen LogP contribution in [0.4, 0.5) is 10.5 Å². The molecule has 2 rings (SSSR count). The number of carbonyl (C=O) groups excluding carboxylic acids is 2. The lowest BCUT2D eigenvalue weighted by molar-refractivity contribution is 0.100. The zero-order valence-electron chi connectivity index (χ0n) is 9.73. The Morgan fingerprint density at radius 2 is 1.94 bits per heavy atom. The fourth-order valence-corrected chi connectivity index (χ4v) is 1.78. The third kappa shape index (κ3) is 2.22. The van der Waals surface area contributed by atoms with Gasteiger partial charge in [-0.05, 0) is 31.2 Å². The number of nitrogens with two attached hydrogens (primary N) is 2. The summed E-state index contributed by atoms with van der Waals surface area (Å²) in [5.74, 6) is -0.540. The summed E-state index contributed by atoms with van der Waals surface area (Å²) in [5, 5.41) is 3.02. The number of fused-ring (bicyclic) bond motifs is 1. The van der Waals surface area contributed by atoms with E-state index < -0.39 is 11.9 Å². The topological polar surface area (TPSA) is 111 Å². The maximum atomic E-state index is 11.4. The van der Waals surface area contributed by atoms with Gasteiger partial charge in [0.2, 0.25) is 5.91 Å². The monoisotopic (exact) mass is 244 g/mol. The minimum absolute atomic E-state index is 0.366. The molecule has 92 valence electrons. The molecule has 0 aliphatic carbocycles. The summed E-state index contributed by atoms with van der Waals surface area (Å²) in [6, 6.07) is 5.91. The molecule has 0 aliphatic heterocycles. The standard InChI is InChI=1S/C12H12N4O2/c1-6-4-9(11(13)17)8-5-7(16-12(14)18)2-3-10(8)15-6/h2-5H,1H3,(H2,13,17)(H3,14,16,18). The van der Waals surface area contributed by atoms with Gasteiger partial charge in [0.15, 0.2) is 0 Å². The number of anilines is 1. The maximum absolute atomic E-state index is 11.4. The van der Waals surface area contributed by atoms with Gasteiger partial charge in [0.1, 0.15) is 0 Å². The van der Waals surface area contributed by atoms with Gasteiger partial charge in [0.05, 0.1) is 11.1 Å². The Bertz CT molecular complexity index is 652. The number of pyridine rings is 1. The summed E-state index contributed by atoms with van der Waals surface area (Å²) in [5.41, 5.74) is 12.5. The molecule has 0 unspecified atom stereocenters. The number of benzene rings is 1. The molecule has 0 bridgehead atoms. The first-order chi connectivity index (χ1) is 8.47. The molecule has 0 spiro atoms. The second kappa shape index (κ2) is 4.33. The van der Waals surface area contributed by atoms with Gasteiger partial charge in [-0.3, -0.25) is 9.78 Å². The number of nitrogens with one attached hydrogen (secondary N) is 1. The minimum atomic E-state index is -0.671. The quantitative estimate of drug-likeness (QED) is 0.736. The van der Waals surface area contributed by atoms with Gasteiger partial charge in [0.25, 0.3) is 0 Å². The van der Waals surface area contributed by atoms with Crippen molar-refractivity contribution in [3.63, 3.8) is 0 Å². The molecule has 0 aliphatic rings. The molecule has 0 atom stereocenters. The van der Waals surface area contributed by atoms with E-state index in [0.717, 1.165) is 0 Å². The van der Waals surface area contributed by atoms with Crippen LogP contribution >= 0.6 is 0 Å². The number of hydrogen-bond acceptors (Lipinski definition) is 3. The van der Waals surface area contributed by atoms with Crippen molar-refractivity contribution in [1.82, 2.24) is 4.98 Å². The molecule has 0 saturated heterocycles. The molecule has 5 N–H and O–H groups in total. The molecular formula is C12H12N4O2. The van der Waals surface area contributed by atoms with Crippen LogP contribution < -0.4 is 16.8 Å². The lowest BCUT2D eigenvalue weighted by Crippen LogP contribution is -2.19. The molecular weight excluding hydrogens is 232 g/mol. The predicted octanol–water partition coefficient (Wildman–Crippen LogP) is 1.13. The molecule has 1 heterocycles. The van der Waals surface area contributed by atoms with E-state index in [2.05, 4.69) is 10.3 Å². The van der Waals surface area contributed by atoms with Crippen LogP contribution in [0, 0.1) is 6.92 Å². The highest BCUT2D eigenvalue weighted by Gasteiger charge is 2.10. The van der Waals surface area contributed by atoms with Crippen LogP contribution in [0.15, 0.2) is 24.3 Å². The summed E-state index contributed by atoms with van der Waals surface area (Å²) < 4.78 is 0. The van der Waals surface area contributed by atoms with Gasteiger partial charge in [-0.2, -0.15) is 0 Å². The van der Waals surface area contributed by atoms with Crippen LogP contribution in [0.2, 0.25) is 0 Å². The third-order valence-electron chi connectivity index (χ3n) is 2.47. The average Bonchev–Trinajstić information content (AvgIpc) is 2.27. The number of aryl methyl sites for hydroxylation is 1. The van der Waals surface area contributed by atoms with Crippen molar-refractivity contribution in [3.8, 4) is 0 Å². The first-order valence-electron chi connectivity index (χ1n) is 5.25. The Kier molecular flexibility index (Phi) is 2.85. The van der Waals surface area contributed by atoms with Gasteiger partial charge < -0.3 is 16.8 Å². The van der Waals surface area contributed by atoms with Crippen LogP contribution in [0.25, 0.3) is 10.9 Å². The van der Waals surface area contributed by atoms with E-state index in [1.807, 2.05) is 0 Å². The predicted molar refractivity (Wildman–Crippen MR) is 68.2 cm³/mol. The van der Waals surface area contributed by atoms with Crippen LogP contribution in [-0.2, 0) is 0 Å². The lowest BCUT2D eigenvalue weighted by Gasteiger charge is -2.07. The van der Waals surface area contributed by atoms with Crippen molar-refractivity contribution in [3.05, 3.63) is 35.5 Å². The van der Waals surface area contributed by atoms with E-state index in [-0.39, 0.29) is 0 Å². The van der Waals surface area contributed by atoms with Gasteiger partial charge in [-0.25, -0.2) is 4.79 Å². The molecule has 18 heavy (non-hydrogen) atoms. The van der Waals surface area contributed by atoms with Crippen molar-refractivity contribution in [2.45, 2.75) is 6.92 Å². The Hall–Kier alpha value is -2.63. The summed E-state index contributed by atoms with van der Waals surface area (Å²) in [6.45, 7) is 1.78. The summed E-state index contributed by atoms with van der Waals surface area (Å²) in [7, 11) is 0. The molecule has 0 saturated carbocycles. The zero-order chi connectivity index (χ0) is 13.3. The van der Waals surface area contributed by atoms with Gasteiger partial charge in [-0.15, -0.1) is 0 Å². The SMILES string of the molecule is Cc1cc(C(N)=O)c2cc(NC(N)=O)ccc2n1. The summed E-state index contributed by atoms with van der Waals surface area (Å²) >= 11 is 0. The van der Waals surface area contributed by atoms with Crippen LogP contribution in [0.5, 0.6) is 0 Å². The Balaban J connectivity index is 2.66. The molecule has 6 heteroatoms. The lowest BCUT2D eigenvalue weighted by atomic mass is 10.1. The Morgan fingerprint density at radius 1 is 1.22 bits per heavy atom. The van der Waals surface area contributed by atoms with E-state index in [4.69, 9.17) is 11.5 Å². The number of hydrogen-bond donors (Lipinski definition) is 3. The van der Waals surface area contributed by atoms with E-state index in [1.165, 1.54) is 0 Å². The molecule has 1 aromatic carbocycles. The molecule has 0 radical (unpaired) electrons. The fourth-order valence-electron chi connectivity index (χ4n) is 1.78. The molecule has 6 nitrogen and oxygen atoms in total. The third-order valence-corrected chi connectivity index (χ3v) is 2.47. The highest BCUT2D eigenvalue weighted by molar-refractivity contribution is 6.06. The van der Waals surface area contributed by atoms with Crippen molar-refractivity contribution in [2.24, 2.45) is 11.5 Å². The van der Waals surface area contributed by atoms with E-state index in [1.54, 1.807) is 31.2 Å².